The van der Waals surface area contributed by atoms with Gasteiger partial charge in [0.1, 0.15) is 0 Å². The monoisotopic (exact) mass is 452 g/mol. The first-order chi connectivity index (χ1) is 17.2. The molecule has 0 radical (unpaired) electrons. The van der Waals surface area contributed by atoms with E-state index in [0.717, 1.165) is 49.3 Å². The molecule has 0 amide bonds. The van der Waals surface area contributed by atoms with Crippen molar-refractivity contribution in [2.24, 2.45) is 0 Å². The van der Waals surface area contributed by atoms with Crippen molar-refractivity contribution in [2.75, 3.05) is 0 Å². The van der Waals surface area contributed by atoms with E-state index in [9.17, 15) is 4.79 Å². The molecule has 0 fully saturated rings. The lowest BCUT2D eigenvalue weighted by molar-refractivity contribution is 1.02. The maximum atomic E-state index is 14.1. The zero-order valence-corrected chi connectivity index (χ0v) is 19.5. The third-order valence-corrected chi connectivity index (χ3v) is 6.66. The average molecular weight is 453 g/mol. The Labute approximate surface area is 202 Å². The van der Waals surface area contributed by atoms with Crippen LogP contribution in [0.2, 0.25) is 0 Å². The lowest BCUT2D eigenvalue weighted by Gasteiger charge is -2.16. The third kappa shape index (κ3) is 3.09. The van der Waals surface area contributed by atoms with E-state index in [2.05, 4.69) is 59.7 Å². The average Bonchev–Trinajstić information content (AvgIpc) is 3.25. The molecule has 0 aliphatic heterocycles. The summed E-state index contributed by atoms with van der Waals surface area (Å²) < 4.78 is 4.12. The minimum absolute atomic E-state index is 0.0610. The van der Waals surface area contributed by atoms with E-state index in [1.807, 2.05) is 72.2 Å². The molecule has 0 aliphatic rings. The molecule has 0 saturated heterocycles. The van der Waals surface area contributed by atoms with E-state index >= 15 is 0 Å². The summed E-state index contributed by atoms with van der Waals surface area (Å²) in [6.07, 6.45) is 5.50. The van der Waals surface area contributed by atoms with Crippen LogP contribution in [0.15, 0.2) is 115 Å². The van der Waals surface area contributed by atoms with Gasteiger partial charge in [-0.15, -0.1) is 0 Å². The van der Waals surface area contributed by atoms with Crippen molar-refractivity contribution >= 4 is 44.9 Å². The lowest BCUT2D eigenvalue weighted by atomic mass is 10.1. The number of pyridine rings is 1. The molecule has 3 heteroatoms. The summed E-state index contributed by atoms with van der Waals surface area (Å²) in [5.41, 5.74) is 4.84. The van der Waals surface area contributed by atoms with Crippen molar-refractivity contribution in [2.45, 2.75) is 6.92 Å². The van der Waals surface area contributed by atoms with Crippen molar-refractivity contribution in [3.05, 3.63) is 131 Å². The minimum atomic E-state index is -0.0610. The van der Waals surface area contributed by atoms with E-state index in [1.54, 1.807) is 6.08 Å². The highest BCUT2D eigenvalue weighted by atomic mass is 16.1. The lowest BCUT2D eigenvalue weighted by Crippen LogP contribution is -2.44. The van der Waals surface area contributed by atoms with E-state index in [-0.39, 0.29) is 5.56 Å². The molecule has 6 aromatic rings. The van der Waals surface area contributed by atoms with Crippen LogP contribution in [0.3, 0.4) is 0 Å². The van der Waals surface area contributed by atoms with Gasteiger partial charge in [-0.1, -0.05) is 85.5 Å². The number of fused-ring (bicyclic) bond motifs is 4. The molecule has 3 nitrogen and oxygen atoms in total. The summed E-state index contributed by atoms with van der Waals surface area (Å²) in [7, 11) is 0. The number of aromatic nitrogens is 2. The van der Waals surface area contributed by atoms with E-state index < -0.39 is 0 Å². The SMILES string of the molecule is C=C/C=c1/c(=O)n(-c2cccc3c4ccccc4n(-c4ccccc4)c23)c2ccccc2/c1=C/C. The van der Waals surface area contributed by atoms with Gasteiger partial charge in [0.15, 0.2) is 0 Å². The first kappa shape index (κ1) is 20.9. The maximum Gasteiger partial charge on any atom is 0.263 e. The van der Waals surface area contributed by atoms with Crippen molar-refractivity contribution in [1.29, 1.82) is 0 Å². The Morgan fingerprint density at radius 2 is 1.29 bits per heavy atom. The topological polar surface area (TPSA) is 26.9 Å². The molecular weight excluding hydrogens is 428 g/mol. The molecule has 0 unspecified atom stereocenters. The summed E-state index contributed by atoms with van der Waals surface area (Å²) in [5.74, 6) is 0. The highest BCUT2D eigenvalue weighted by Crippen LogP contribution is 2.35. The Bertz CT molecular complexity index is 1940. The van der Waals surface area contributed by atoms with Crippen LogP contribution in [0.4, 0.5) is 0 Å². The van der Waals surface area contributed by atoms with Crippen LogP contribution in [0, 0.1) is 0 Å². The molecule has 2 aromatic heterocycles. The van der Waals surface area contributed by atoms with Gasteiger partial charge in [-0.05, 0) is 48.6 Å². The van der Waals surface area contributed by atoms with E-state index in [1.165, 1.54) is 0 Å². The molecule has 0 N–H and O–H groups in total. The number of hydrogen-bond acceptors (Lipinski definition) is 1. The second-order valence-electron chi connectivity index (χ2n) is 8.54. The van der Waals surface area contributed by atoms with Gasteiger partial charge in [0.2, 0.25) is 0 Å². The van der Waals surface area contributed by atoms with E-state index in [4.69, 9.17) is 0 Å². The maximum absolute atomic E-state index is 14.1. The predicted octanol–water partition coefficient (Wildman–Crippen LogP) is 5.85. The minimum Gasteiger partial charge on any atom is -0.307 e. The summed E-state index contributed by atoms with van der Waals surface area (Å²) in [5, 5.41) is 4.86. The molecule has 35 heavy (non-hydrogen) atoms. The van der Waals surface area contributed by atoms with Crippen molar-refractivity contribution in [3.63, 3.8) is 0 Å². The van der Waals surface area contributed by atoms with Gasteiger partial charge in [-0.2, -0.15) is 0 Å². The number of nitrogens with zero attached hydrogens (tertiary/aromatic N) is 2. The fourth-order valence-electron chi connectivity index (χ4n) is 5.24. The quantitative estimate of drug-likeness (QED) is 0.331. The van der Waals surface area contributed by atoms with Gasteiger partial charge in [0, 0.05) is 27.1 Å². The Morgan fingerprint density at radius 1 is 0.657 bits per heavy atom. The molecule has 0 saturated carbocycles. The van der Waals surface area contributed by atoms with Crippen molar-refractivity contribution < 1.29 is 0 Å². The first-order valence-corrected chi connectivity index (χ1v) is 11.8. The third-order valence-electron chi connectivity index (χ3n) is 6.66. The Kier molecular flexibility index (Phi) is 4.97. The van der Waals surface area contributed by atoms with Gasteiger partial charge in [-0.25, -0.2) is 0 Å². The van der Waals surface area contributed by atoms with Crippen molar-refractivity contribution in [1.82, 2.24) is 9.13 Å². The van der Waals surface area contributed by atoms with Crippen LogP contribution in [0.25, 0.3) is 56.2 Å². The molecule has 0 aliphatic carbocycles. The summed E-state index contributed by atoms with van der Waals surface area (Å²) >= 11 is 0. The number of benzene rings is 4. The van der Waals surface area contributed by atoms with Crippen LogP contribution in [0.1, 0.15) is 6.92 Å². The fourth-order valence-corrected chi connectivity index (χ4v) is 5.24. The van der Waals surface area contributed by atoms with Gasteiger partial charge >= 0.3 is 0 Å². The Hall–Kier alpha value is -4.63. The van der Waals surface area contributed by atoms with Crippen LogP contribution in [0.5, 0.6) is 0 Å². The normalized spacial score (nSPS) is 12.7. The summed E-state index contributed by atoms with van der Waals surface area (Å²) in [6.45, 7) is 5.84. The van der Waals surface area contributed by atoms with Crippen LogP contribution in [-0.4, -0.2) is 9.13 Å². The predicted molar refractivity (Wildman–Crippen MR) is 148 cm³/mol. The molecular formula is C32H24N2O. The zero-order valence-electron chi connectivity index (χ0n) is 19.5. The molecule has 6 rings (SSSR count). The van der Waals surface area contributed by atoms with Crippen LogP contribution >= 0.6 is 0 Å². The number of hydrogen-bond donors (Lipinski definition) is 0. The largest absolute Gasteiger partial charge is 0.307 e. The summed E-state index contributed by atoms with van der Waals surface area (Å²) in [6, 6.07) is 33.1. The second kappa shape index (κ2) is 8.30. The van der Waals surface area contributed by atoms with Crippen LogP contribution < -0.4 is 16.0 Å². The second-order valence-corrected chi connectivity index (χ2v) is 8.54. The first-order valence-electron chi connectivity index (χ1n) is 11.8. The fraction of sp³-hybridized carbons (Fsp3) is 0.0312. The smallest absolute Gasteiger partial charge is 0.263 e. The van der Waals surface area contributed by atoms with Gasteiger partial charge in [0.05, 0.1) is 22.2 Å². The molecule has 0 atom stereocenters. The highest BCUT2D eigenvalue weighted by Gasteiger charge is 2.18. The van der Waals surface area contributed by atoms with Crippen LogP contribution in [-0.2, 0) is 0 Å². The molecule has 168 valence electrons. The van der Waals surface area contributed by atoms with E-state index in [0.29, 0.717) is 5.22 Å². The summed E-state index contributed by atoms with van der Waals surface area (Å²) in [4.78, 5) is 14.1. The molecule has 0 bridgehead atoms. The molecule has 0 spiro atoms. The molecule has 4 aromatic carbocycles. The molecule has 2 heterocycles. The van der Waals surface area contributed by atoms with Gasteiger partial charge in [0.25, 0.3) is 5.56 Å². The van der Waals surface area contributed by atoms with Gasteiger partial charge < -0.3 is 4.57 Å². The number of rotatable bonds is 3. The Morgan fingerprint density at radius 3 is 2.00 bits per heavy atom. The van der Waals surface area contributed by atoms with Gasteiger partial charge in [-0.3, -0.25) is 9.36 Å². The Balaban J connectivity index is 1.90. The van der Waals surface area contributed by atoms with Crippen molar-refractivity contribution in [3.8, 4) is 11.4 Å². The highest BCUT2D eigenvalue weighted by molar-refractivity contribution is 6.12. The standard InChI is InChI=1S/C32H24N2O/c1-3-13-27-23(4-2)24-16-8-11-20-29(24)34(32(27)35)30-21-12-18-26-25-17-9-10-19-28(25)33(31(26)30)22-14-6-5-7-15-22/h3-21H,1H2,2H3/b23-4-,27-13+. The number of para-hydroxylation sites is 4. The number of allylic oxidation sites excluding steroid dienone is 1. The zero-order chi connectivity index (χ0) is 23.9.